The molecule has 156 valence electrons. The van der Waals surface area contributed by atoms with Crippen LogP contribution in [0.2, 0.25) is 0 Å². The van der Waals surface area contributed by atoms with E-state index in [1.165, 1.54) is 15.4 Å². The molecule has 2 aromatic rings. The Hall–Kier alpha value is -2.22. The quantitative estimate of drug-likeness (QED) is 0.718. The summed E-state index contributed by atoms with van der Waals surface area (Å²) in [4.78, 5) is 14.8. The van der Waals surface area contributed by atoms with E-state index in [0.29, 0.717) is 18.8 Å². The zero-order chi connectivity index (χ0) is 21.0. The molecule has 1 atom stereocenters. The van der Waals surface area contributed by atoms with Gasteiger partial charge in [0.25, 0.3) is 0 Å². The fraction of sp³-hybridized carbons (Fsp3) is 0.409. The van der Waals surface area contributed by atoms with Crippen molar-refractivity contribution in [1.82, 2.24) is 9.21 Å². The lowest BCUT2D eigenvalue weighted by molar-refractivity contribution is -0.117. The third-order valence-corrected chi connectivity index (χ3v) is 7.57. The standard InChI is InChI=1S/C22H29N3O3S/c1-4-25(5-2)29(27,28)19-13-11-18(12-14-19)23-22(26)16-24(3)21-15-10-17-8-6-7-9-20(17)21/h6-9,11-14,21H,4-5,10,15-16H2,1-3H3,(H,23,26)/t21-/m1/s1. The van der Waals surface area contributed by atoms with Gasteiger partial charge in [0.15, 0.2) is 0 Å². The molecule has 7 heteroatoms. The van der Waals surface area contributed by atoms with Crippen molar-refractivity contribution >= 4 is 21.6 Å². The summed E-state index contributed by atoms with van der Waals surface area (Å²) in [5, 5.41) is 2.87. The molecule has 29 heavy (non-hydrogen) atoms. The van der Waals surface area contributed by atoms with Crippen LogP contribution >= 0.6 is 0 Å². The number of hydrogen-bond donors (Lipinski definition) is 1. The van der Waals surface area contributed by atoms with Crippen molar-refractivity contribution < 1.29 is 13.2 Å². The Labute approximate surface area is 173 Å². The van der Waals surface area contributed by atoms with Crippen LogP contribution in [0.4, 0.5) is 5.69 Å². The Morgan fingerprint density at radius 1 is 1.07 bits per heavy atom. The van der Waals surface area contributed by atoms with Gasteiger partial charge in [0.1, 0.15) is 0 Å². The summed E-state index contributed by atoms with van der Waals surface area (Å²) in [7, 11) is -1.53. The van der Waals surface area contributed by atoms with E-state index in [0.717, 1.165) is 12.8 Å². The molecule has 0 heterocycles. The molecule has 0 fully saturated rings. The van der Waals surface area contributed by atoms with Crippen LogP contribution in [-0.4, -0.2) is 50.2 Å². The lowest BCUT2D eigenvalue weighted by Crippen LogP contribution is -2.32. The highest BCUT2D eigenvalue weighted by Crippen LogP contribution is 2.34. The second-order valence-corrected chi connectivity index (χ2v) is 9.27. The van der Waals surface area contributed by atoms with Gasteiger partial charge in [-0.05, 0) is 55.3 Å². The molecular weight excluding hydrogens is 386 g/mol. The van der Waals surface area contributed by atoms with Gasteiger partial charge < -0.3 is 5.32 Å². The molecule has 6 nitrogen and oxygen atoms in total. The van der Waals surface area contributed by atoms with E-state index in [1.54, 1.807) is 24.3 Å². The largest absolute Gasteiger partial charge is 0.325 e. The first-order valence-corrected chi connectivity index (χ1v) is 11.5. The van der Waals surface area contributed by atoms with Gasteiger partial charge in [0.2, 0.25) is 15.9 Å². The first kappa shape index (κ1) is 21.5. The van der Waals surface area contributed by atoms with Crippen molar-refractivity contribution in [3.05, 3.63) is 59.7 Å². The van der Waals surface area contributed by atoms with Crippen molar-refractivity contribution in [2.45, 2.75) is 37.6 Å². The highest BCUT2D eigenvalue weighted by Gasteiger charge is 2.26. The number of amides is 1. The number of aryl methyl sites for hydroxylation is 1. The summed E-state index contributed by atoms with van der Waals surface area (Å²) in [5.74, 6) is -0.115. The lowest BCUT2D eigenvalue weighted by Gasteiger charge is -2.24. The zero-order valence-corrected chi connectivity index (χ0v) is 18.1. The minimum atomic E-state index is -3.49. The number of anilines is 1. The number of sulfonamides is 1. The number of nitrogens with zero attached hydrogens (tertiary/aromatic N) is 2. The van der Waals surface area contributed by atoms with Crippen molar-refractivity contribution in [3.63, 3.8) is 0 Å². The fourth-order valence-corrected chi connectivity index (χ4v) is 5.41. The average Bonchev–Trinajstić information content (AvgIpc) is 3.13. The number of benzene rings is 2. The topological polar surface area (TPSA) is 69.7 Å². The minimum Gasteiger partial charge on any atom is -0.325 e. The molecule has 0 spiro atoms. The maximum atomic E-state index is 12.6. The predicted octanol–water partition coefficient (Wildman–Crippen LogP) is 3.27. The number of carbonyl (C=O) groups is 1. The Balaban J connectivity index is 1.61. The van der Waals surface area contributed by atoms with Crippen molar-refractivity contribution in [1.29, 1.82) is 0 Å². The molecule has 1 aliphatic carbocycles. The van der Waals surface area contributed by atoms with Gasteiger partial charge in [-0.25, -0.2) is 8.42 Å². The molecule has 0 saturated heterocycles. The number of likely N-dealkylation sites (N-methyl/N-ethyl adjacent to an activating group) is 1. The number of nitrogens with one attached hydrogen (secondary N) is 1. The van der Waals surface area contributed by atoms with Gasteiger partial charge in [-0.2, -0.15) is 4.31 Å². The molecule has 0 unspecified atom stereocenters. The van der Waals surface area contributed by atoms with Crippen LogP contribution in [0.15, 0.2) is 53.4 Å². The number of carbonyl (C=O) groups excluding carboxylic acids is 1. The zero-order valence-electron chi connectivity index (χ0n) is 17.3. The van der Waals surface area contributed by atoms with Crippen LogP contribution in [0.3, 0.4) is 0 Å². The number of hydrogen-bond acceptors (Lipinski definition) is 4. The first-order valence-electron chi connectivity index (χ1n) is 10.0. The summed E-state index contributed by atoms with van der Waals surface area (Å²) >= 11 is 0. The van der Waals surface area contributed by atoms with Gasteiger partial charge in [-0.3, -0.25) is 9.69 Å². The van der Waals surface area contributed by atoms with Crippen molar-refractivity contribution in [3.8, 4) is 0 Å². The lowest BCUT2D eigenvalue weighted by atomic mass is 10.1. The maximum Gasteiger partial charge on any atom is 0.243 e. The van der Waals surface area contributed by atoms with Gasteiger partial charge in [0, 0.05) is 24.8 Å². The van der Waals surface area contributed by atoms with Crippen LogP contribution < -0.4 is 5.32 Å². The van der Waals surface area contributed by atoms with Gasteiger partial charge in [-0.1, -0.05) is 38.1 Å². The Morgan fingerprint density at radius 3 is 2.38 bits per heavy atom. The third-order valence-electron chi connectivity index (χ3n) is 5.51. The Bertz CT molecular complexity index is 954. The molecule has 0 aromatic heterocycles. The monoisotopic (exact) mass is 415 g/mol. The predicted molar refractivity (Wildman–Crippen MR) is 115 cm³/mol. The highest BCUT2D eigenvalue weighted by molar-refractivity contribution is 7.89. The first-order chi connectivity index (χ1) is 13.9. The van der Waals surface area contributed by atoms with E-state index in [-0.39, 0.29) is 23.4 Å². The smallest absolute Gasteiger partial charge is 0.243 e. The highest BCUT2D eigenvalue weighted by atomic mass is 32.2. The third kappa shape index (κ3) is 4.69. The van der Waals surface area contributed by atoms with Gasteiger partial charge in [-0.15, -0.1) is 0 Å². The molecule has 1 N–H and O–H groups in total. The van der Waals surface area contributed by atoms with Crippen LogP contribution in [0, 0.1) is 0 Å². The summed E-state index contributed by atoms with van der Waals surface area (Å²) < 4.78 is 26.5. The van der Waals surface area contributed by atoms with E-state index < -0.39 is 10.0 Å². The molecule has 1 aliphatic rings. The summed E-state index contributed by atoms with van der Waals surface area (Å²) in [6.45, 7) is 4.75. The summed E-state index contributed by atoms with van der Waals surface area (Å²) in [5.41, 5.74) is 3.25. The fourth-order valence-electron chi connectivity index (χ4n) is 3.95. The Kier molecular flexibility index (Phi) is 6.72. The van der Waals surface area contributed by atoms with Crippen molar-refractivity contribution in [2.75, 3.05) is 32.0 Å². The summed E-state index contributed by atoms with van der Waals surface area (Å²) in [6.07, 6.45) is 2.05. The van der Waals surface area contributed by atoms with E-state index in [9.17, 15) is 13.2 Å². The Morgan fingerprint density at radius 2 is 1.72 bits per heavy atom. The average molecular weight is 416 g/mol. The second-order valence-electron chi connectivity index (χ2n) is 7.33. The molecule has 0 aliphatic heterocycles. The normalized spacial score (nSPS) is 16.2. The number of rotatable bonds is 8. The van der Waals surface area contributed by atoms with Crippen LogP contribution in [0.25, 0.3) is 0 Å². The minimum absolute atomic E-state index is 0.115. The molecular formula is C22H29N3O3S. The summed E-state index contributed by atoms with van der Waals surface area (Å²) in [6, 6.07) is 15.0. The molecule has 0 radical (unpaired) electrons. The van der Waals surface area contributed by atoms with Crippen LogP contribution in [0.1, 0.15) is 37.4 Å². The van der Waals surface area contributed by atoms with E-state index in [4.69, 9.17) is 0 Å². The molecule has 0 saturated carbocycles. The van der Waals surface area contributed by atoms with Crippen molar-refractivity contribution in [2.24, 2.45) is 0 Å². The molecule has 0 bridgehead atoms. The maximum absolute atomic E-state index is 12.6. The van der Waals surface area contributed by atoms with Gasteiger partial charge in [0.05, 0.1) is 11.4 Å². The SMILES string of the molecule is CCN(CC)S(=O)(=O)c1ccc(NC(=O)CN(C)[C@@H]2CCc3ccccc32)cc1. The molecule has 1 amide bonds. The second kappa shape index (κ2) is 9.07. The number of fused-ring (bicyclic) bond motifs is 1. The van der Waals surface area contributed by atoms with Crippen LogP contribution in [0.5, 0.6) is 0 Å². The molecule has 2 aromatic carbocycles. The van der Waals surface area contributed by atoms with Gasteiger partial charge >= 0.3 is 0 Å². The van der Waals surface area contributed by atoms with E-state index >= 15 is 0 Å². The van der Waals surface area contributed by atoms with E-state index in [2.05, 4.69) is 28.4 Å². The molecule has 3 rings (SSSR count). The van der Waals surface area contributed by atoms with Crippen LogP contribution in [-0.2, 0) is 21.2 Å². The van der Waals surface area contributed by atoms with E-state index in [1.807, 2.05) is 27.0 Å².